The first-order valence-electron chi connectivity index (χ1n) is 7.73. The van der Waals surface area contributed by atoms with Crippen LogP contribution in [0.1, 0.15) is 48.9 Å². The molecular weight excluding hydrogens is 248 g/mol. The lowest BCUT2D eigenvalue weighted by Crippen LogP contribution is -2.44. The van der Waals surface area contributed by atoms with E-state index in [0.29, 0.717) is 12.1 Å². The Balaban J connectivity index is 1.54. The van der Waals surface area contributed by atoms with Crippen LogP contribution in [0.2, 0.25) is 0 Å². The number of carbonyl (C=O) groups is 1. The minimum atomic E-state index is 0.177. The van der Waals surface area contributed by atoms with E-state index in [9.17, 15) is 4.79 Å². The molecule has 0 radical (unpaired) electrons. The van der Waals surface area contributed by atoms with Crippen LogP contribution in [0.4, 0.5) is 0 Å². The minimum absolute atomic E-state index is 0.177. The lowest BCUT2D eigenvalue weighted by Gasteiger charge is -2.36. The Kier molecular flexibility index (Phi) is 2.86. The summed E-state index contributed by atoms with van der Waals surface area (Å²) < 4.78 is 0. The summed E-state index contributed by atoms with van der Waals surface area (Å²) in [4.78, 5) is 18.9. The van der Waals surface area contributed by atoms with Gasteiger partial charge in [-0.1, -0.05) is 11.6 Å². The fourth-order valence-corrected chi connectivity index (χ4v) is 3.75. The van der Waals surface area contributed by atoms with Gasteiger partial charge in [-0.25, -0.2) is 0 Å². The van der Waals surface area contributed by atoms with Gasteiger partial charge >= 0.3 is 0 Å². The summed E-state index contributed by atoms with van der Waals surface area (Å²) in [5.74, 6) is 1.03. The Morgan fingerprint density at radius 3 is 2.55 bits per heavy atom. The molecule has 104 valence electrons. The molecule has 0 N–H and O–H groups in total. The van der Waals surface area contributed by atoms with Gasteiger partial charge in [-0.3, -0.25) is 9.78 Å². The number of rotatable bonds is 2. The Hall–Kier alpha value is -1.64. The topological polar surface area (TPSA) is 33.2 Å². The lowest BCUT2D eigenvalue weighted by atomic mass is 9.95. The van der Waals surface area contributed by atoms with Crippen molar-refractivity contribution >= 4 is 5.91 Å². The van der Waals surface area contributed by atoms with Crippen LogP contribution in [0, 0.1) is 5.92 Å². The maximum absolute atomic E-state index is 12.7. The van der Waals surface area contributed by atoms with E-state index in [2.05, 4.69) is 16.0 Å². The number of piperidine rings is 1. The van der Waals surface area contributed by atoms with Gasteiger partial charge in [0.2, 0.25) is 0 Å². The summed E-state index contributed by atoms with van der Waals surface area (Å²) in [6, 6.07) is 4.57. The molecule has 0 spiro atoms. The van der Waals surface area contributed by atoms with Crippen LogP contribution in [0.5, 0.6) is 0 Å². The highest BCUT2D eigenvalue weighted by atomic mass is 16.2. The van der Waals surface area contributed by atoms with Gasteiger partial charge in [-0.2, -0.15) is 0 Å². The molecule has 2 saturated heterocycles. The molecule has 3 heteroatoms. The van der Waals surface area contributed by atoms with Gasteiger partial charge in [-0.05, 0) is 56.6 Å². The lowest BCUT2D eigenvalue weighted by molar-refractivity contribution is 0.0634. The van der Waals surface area contributed by atoms with Crippen molar-refractivity contribution in [2.75, 3.05) is 0 Å². The molecule has 3 nitrogen and oxygen atoms in total. The van der Waals surface area contributed by atoms with Crippen LogP contribution in [-0.4, -0.2) is 27.9 Å². The molecule has 3 aliphatic rings. The van der Waals surface area contributed by atoms with Crippen LogP contribution < -0.4 is 0 Å². The summed E-state index contributed by atoms with van der Waals surface area (Å²) in [5, 5.41) is 0. The first-order chi connectivity index (χ1) is 9.81. The average molecular weight is 268 g/mol. The van der Waals surface area contributed by atoms with Crippen molar-refractivity contribution in [3.05, 3.63) is 41.7 Å². The summed E-state index contributed by atoms with van der Waals surface area (Å²) >= 11 is 0. The zero-order valence-corrected chi connectivity index (χ0v) is 11.7. The fraction of sp³-hybridized carbons (Fsp3) is 0.529. The molecule has 2 atom stereocenters. The van der Waals surface area contributed by atoms with E-state index in [1.165, 1.54) is 25.7 Å². The second-order valence-electron chi connectivity index (χ2n) is 6.41. The molecule has 1 aromatic rings. The van der Waals surface area contributed by atoms with Crippen LogP contribution in [0.3, 0.4) is 0 Å². The van der Waals surface area contributed by atoms with Gasteiger partial charge in [0.25, 0.3) is 5.91 Å². The van der Waals surface area contributed by atoms with Crippen LogP contribution >= 0.6 is 0 Å². The van der Waals surface area contributed by atoms with E-state index in [1.807, 2.05) is 12.1 Å². The van der Waals surface area contributed by atoms with Crippen molar-refractivity contribution in [2.24, 2.45) is 5.92 Å². The second-order valence-corrected chi connectivity index (χ2v) is 6.41. The second kappa shape index (κ2) is 4.72. The quantitative estimate of drug-likeness (QED) is 0.772. The summed E-state index contributed by atoms with van der Waals surface area (Å²) in [6.45, 7) is 0. The number of aromatic nitrogens is 1. The third-order valence-corrected chi connectivity index (χ3v) is 4.85. The molecular formula is C17H20N2O. The smallest absolute Gasteiger partial charge is 0.255 e. The Morgan fingerprint density at radius 1 is 1.20 bits per heavy atom. The SMILES string of the molecule is O=C(c1cccnc1)N1C2CCC1CC(=CC1CC1)C2. The molecule has 2 bridgehead atoms. The van der Waals surface area contributed by atoms with Crippen LogP contribution in [0.15, 0.2) is 36.2 Å². The van der Waals surface area contributed by atoms with Gasteiger partial charge in [-0.15, -0.1) is 0 Å². The van der Waals surface area contributed by atoms with Crippen LogP contribution in [0.25, 0.3) is 0 Å². The normalized spacial score (nSPS) is 28.6. The van der Waals surface area contributed by atoms with Crippen LogP contribution in [-0.2, 0) is 0 Å². The van der Waals surface area contributed by atoms with Crippen molar-refractivity contribution in [3.8, 4) is 0 Å². The van der Waals surface area contributed by atoms with E-state index < -0.39 is 0 Å². The monoisotopic (exact) mass is 268 g/mol. The third kappa shape index (κ3) is 2.15. The standard InChI is InChI=1S/C17H20N2O/c20-17(14-2-1-7-18-11-14)19-15-5-6-16(19)10-13(9-15)8-12-3-4-12/h1-2,7-8,11-12,15-16H,3-6,9-10H2. The van der Waals surface area contributed by atoms with Gasteiger partial charge in [0.1, 0.15) is 0 Å². The first kappa shape index (κ1) is 12.1. The van der Waals surface area contributed by atoms with Crippen molar-refractivity contribution in [1.82, 2.24) is 9.88 Å². The number of carbonyl (C=O) groups excluding carboxylic acids is 1. The number of amides is 1. The molecule has 20 heavy (non-hydrogen) atoms. The number of pyridine rings is 1. The number of hydrogen-bond acceptors (Lipinski definition) is 2. The van der Waals surface area contributed by atoms with Gasteiger partial charge in [0.05, 0.1) is 5.56 Å². The number of fused-ring (bicyclic) bond motifs is 2. The molecule has 4 rings (SSSR count). The molecule has 1 amide bonds. The van der Waals surface area contributed by atoms with Gasteiger partial charge < -0.3 is 4.90 Å². The molecule has 3 heterocycles. The maximum Gasteiger partial charge on any atom is 0.255 e. The van der Waals surface area contributed by atoms with Gasteiger partial charge in [0.15, 0.2) is 0 Å². The van der Waals surface area contributed by atoms with Gasteiger partial charge in [0, 0.05) is 24.5 Å². The fourth-order valence-electron chi connectivity index (χ4n) is 3.75. The molecule has 3 fully saturated rings. The molecule has 0 aromatic carbocycles. The van der Waals surface area contributed by atoms with E-state index in [-0.39, 0.29) is 5.91 Å². The van der Waals surface area contributed by atoms with E-state index in [1.54, 1.807) is 18.0 Å². The Morgan fingerprint density at radius 2 is 1.95 bits per heavy atom. The molecule has 2 aliphatic heterocycles. The predicted molar refractivity (Wildman–Crippen MR) is 77.3 cm³/mol. The zero-order chi connectivity index (χ0) is 13.5. The number of nitrogens with zero attached hydrogens (tertiary/aromatic N) is 2. The third-order valence-electron chi connectivity index (χ3n) is 4.85. The summed E-state index contributed by atoms with van der Waals surface area (Å²) in [7, 11) is 0. The molecule has 1 aliphatic carbocycles. The van der Waals surface area contributed by atoms with E-state index in [4.69, 9.17) is 0 Å². The van der Waals surface area contributed by atoms with E-state index >= 15 is 0 Å². The van der Waals surface area contributed by atoms with Crippen molar-refractivity contribution < 1.29 is 4.79 Å². The summed E-state index contributed by atoms with van der Waals surface area (Å²) in [5.41, 5.74) is 2.34. The van der Waals surface area contributed by atoms with E-state index in [0.717, 1.165) is 24.3 Å². The molecule has 2 unspecified atom stereocenters. The highest BCUT2D eigenvalue weighted by Gasteiger charge is 2.41. The molecule has 1 aromatic heterocycles. The average Bonchev–Trinajstić information content (AvgIpc) is 3.24. The first-order valence-corrected chi connectivity index (χ1v) is 7.73. The number of allylic oxidation sites excluding steroid dienone is 1. The van der Waals surface area contributed by atoms with Crippen molar-refractivity contribution in [1.29, 1.82) is 0 Å². The molecule has 1 saturated carbocycles. The Bertz CT molecular complexity index is 531. The Labute approximate surface area is 119 Å². The maximum atomic E-state index is 12.7. The van der Waals surface area contributed by atoms with Crippen molar-refractivity contribution in [3.63, 3.8) is 0 Å². The zero-order valence-electron chi connectivity index (χ0n) is 11.7. The van der Waals surface area contributed by atoms with Crippen molar-refractivity contribution in [2.45, 2.75) is 50.6 Å². The minimum Gasteiger partial charge on any atom is -0.332 e. The predicted octanol–water partition coefficient (Wildman–Crippen LogP) is 3.19. The number of hydrogen-bond donors (Lipinski definition) is 0. The largest absolute Gasteiger partial charge is 0.332 e. The highest BCUT2D eigenvalue weighted by Crippen LogP contribution is 2.41. The highest BCUT2D eigenvalue weighted by molar-refractivity contribution is 5.94. The summed E-state index contributed by atoms with van der Waals surface area (Å²) in [6.07, 6.45) is 13.2.